The number of rotatable bonds is 13. The zero-order chi connectivity index (χ0) is 19.1. The molecule has 0 aromatic carbocycles. The lowest BCUT2D eigenvalue weighted by Crippen LogP contribution is -2.35. The van der Waals surface area contributed by atoms with Gasteiger partial charge in [-0.15, -0.1) is 0 Å². The molecular formula is C15H25NO8Si. The summed E-state index contributed by atoms with van der Waals surface area (Å²) >= 11 is 0. The molecule has 1 amide bonds. The summed E-state index contributed by atoms with van der Waals surface area (Å²) in [5, 5.41) is 2.55. The Bertz CT molecular complexity index is 429. The van der Waals surface area contributed by atoms with Crippen LogP contribution in [0.15, 0.2) is 25.3 Å². The van der Waals surface area contributed by atoms with E-state index < -0.39 is 33.4 Å². The summed E-state index contributed by atoms with van der Waals surface area (Å²) in [6.07, 6.45) is 0.933. The van der Waals surface area contributed by atoms with Crippen molar-refractivity contribution in [1.82, 2.24) is 5.32 Å². The van der Waals surface area contributed by atoms with Crippen LogP contribution in [0.4, 0.5) is 4.79 Å². The van der Waals surface area contributed by atoms with E-state index in [-0.39, 0.29) is 13.2 Å². The average molecular weight is 375 g/mol. The van der Waals surface area contributed by atoms with Gasteiger partial charge in [0, 0.05) is 32.9 Å². The minimum atomic E-state index is -1.66. The van der Waals surface area contributed by atoms with Crippen molar-refractivity contribution in [2.24, 2.45) is 0 Å². The van der Waals surface area contributed by atoms with Crippen molar-refractivity contribution in [1.29, 1.82) is 0 Å². The Morgan fingerprint density at radius 1 is 1.04 bits per heavy atom. The van der Waals surface area contributed by atoms with Gasteiger partial charge in [-0.3, -0.25) is 0 Å². The van der Waals surface area contributed by atoms with E-state index in [9.17, 15) is 14.4 Å². The molecular weight excluding hydrogens is 350 g/mol. The van der Waals surface area contributed by atoms with Crippen LogP contribution in [0.3, 0.4) is 0 Å². The Kier molecular flexibility index (Phi) is 13.0. The molecule has 0 aliphatic carbocycles. The quantitative estimate of drug-likeness (QED) is 0.162. The van der Waals surface area contributed by atoms with Crippen molar-refractivity contribution in [3.63, 3.8) is 0 Å². The van der Waals surface area contributed by atoms with Gasteiger partial charge in [-0.1, -0.05) is 13.2 Å². The molecule has 0 aromatic heterocycles. The molecule has 0 heterocycles. The van der Waals surface area contributed by atoms with Gasteiger partial charge in [-0.05, 0) is 12.5 Å². The Balaban J connectivity index is 4.28. The van der Waals surface area contributed by atoms with Crippen LogP contribution in [-0.4, -0.2) is 67.4 Å². The highest BCUT2D eigenvalue weighted by atomic mass is 28.3. The fourth-order valence-corrected chi connectivity index (χ4v) is 2.77. The average Bonchev–Trinajstić information content (AvgIpc) is 2.63. The Labute approximate surface area is 148 Å². The van der Waals surface area contributed by atoms with Crippen LogP contribution < -0.4 is 5.32 Å². The number of esters is 2. The minimum Gasteiger partial charge on any atom is -0.458 e. The highest BCUT2D eigenvalue weighted by Gasteiger charge is 2.18. The summed E-state index contributed by atoms with van der Waals surface area (Å²) in [5.74, 6) is -1.36. The predicted molar refractivity (Wildman–Crippen MR) is 91.2 cm³/mol. The van der Waals surface area contributed by atoms with E-state index in [0.29, 0.717) is 13.0 Å². The molecule has 0 spiro atoms. The Morgan fingerprint density at radius 2 is 1.56 bits per heavy atom. The molecule has 0 unspecified atom stereocenters. The monoisotopic (exact) mass is 375 g/mol. The smallest absolute Gasteiger partial charge is 0.407 e. The second kappa shape index (κ2) is 14.2. The summed E-state index contributed by atoms with van der Waals surface area (Å²) < 4.78 is 25.0. The molecule has 0 aromatic rings. The van der Waals surface area contributed by atoms with Crippen LogP contribution in [0.1, 0.15) is 6.42 Å². The van der Waals surface area contributed by atoms with Gasteiger partial charge in [0.05, 0.1) is 0 Å². The summed E-state index contributed by atoms with van der Waals surface area (Å²) in [7, 11) is 1.51. The third-order valence-corrected chi connectivity index (χ3v) is 4.77. The fourth-order valence-electron chi connectivity index (χ4n) is 1.57. The van der Waals surface area contributed by atoms with Gasteiger partial charge < -0.3 is 28.4 Å². The van der Waals surface area contributed by atoms with Crippen molar-refractivity contribution >= 4 is 27.3 Å². The van der Waals surface area contributed by atoms with E-state index in [1.54, 1.807) is 14.2 Å². The third kappa shape index (κ3) is 11.9. The molecule has 1 N–H and O–H groups in total. The zero-order valence-electron chi connectivity index (χ0n) is 14.5. The maximum atomic E-state index is 11.8. The molecule has 0 aliphatic heterocycles. The van der Waals surface area contributed by atoms with Crippen molar-refractivity contribution in [3.05, 3.63) is 25.3 Å². The van der Waals surface area contributed by atoms with Crippen molar-refractivity contribution in [2.45, 2.75) is 18.6 Å². The lowest BCUT2D eigenvalue weighted by molar-refractivity contribution is -0.146. The van der Waals surface area contributed by atoms with Crippen LogP contribution in [0, 0.1) is 0 Å². The highest BCUT2D eigenvalue weighted by molar-refractivity contribution is 6.44. The van der Waals surface area contributed by atoms with Crippen molar-refractivity contribution in [2.75, 3.05) is 34.0 Å². The van der Waals surface area contributed by atoms with Crippen LogP contribution in [0.25, 0.3) is 0 Å². The summed E-state index contributed by atoms with van der Waals surface area (Å²) in [5.41, 5.74) is 0. The number of alkyl carbamates (subject to hydrolysis) is 1. The number of carbonyl (C=O) groups excluding carboxylic acids is 3. The molecule has 0 rings (SSSR count). The SMILES string of the molecule is C=CC(=O)OCC(COC(=O)C=C)OC(=O)NCCC[SiH](OC)OC. The van der Waals surface area contributed by atoms with Gasteiger partial charge in [-0.25, -0.2) is 14.4 Å². The molecule has 0 saturated heterocycles. The first-order valence-corrected chi connectivity index (χ1v) is 9.31. The Morgan fingerprint density at radius 3 is 2.00 bits per heavy atom. The maximum absolute atomic E-state index is 11.8. The van der Waals surface area contributed by atoms with Gasteiger partial charge >= 0.3 is 27.3 Å². The first kappa shape index (κ1) is 22.8. The van der Waals surface area contributed by atoms with E-state index in [2.05, 4.69) is 18.5 Å². The third-order valence-electron chi connectivity index (χ3n) is 2.84. The van der Waals surface area contributed by atoms with Crippen molar-refractivity contribution in [3.8, 4) is 0 Å². The first-order valence-electron chi connectivity index (χ1n) is 7.55. The summed E-state index contributed by atoms with van der Waals surface area (Å²) in [6, 6.07) is 0.727. The molecule has 142 valence electrons. The molecule has 10 heteroatoms. The normalized spacial score (nSPS) is 10.2. The van der Waals surface area contributed by atoms with Crippen LogP contribution in [-0.2, 0) is 32.7 Å². The van der Waals surface area contributed by atoms with Gasteiger partial charge in [0.15, 0.2) is 6.10 Å². The van der Waals surface area contributed by atoms with E-state index in [1.165, 1.54) is 0 Å². The number of ether oxygens (including phenoxy) is 3. The number of carbonyl (C=O) groups is 3. The second-order valence-electron chi connectivity index (χ2n) is 4.67. The largest absolute Gasteiger partial charge is 0.458 e. The molecule has 0 atom stereocenters. The van der Waals surface area contributed by atoms with Gasteiger partial charge in [-0.2, -0.15) is 0 Å². The maximum Gasteiger partial charge on any atom is 0.407 e. The molecule has 0 fully saturated rings. The van der Waals surface area contributed by atoms with Crippen LogP contribution in [0.5, 0.6) is 0 Å². The first-order chi connectivity index (χ1) is 12.0. The number of amides is 1. The van der Waals surface area contributed by atoms with E-state index in [4.69, 9.17) is 23.1 Å². The summed E-state index contributed by atoms with van der Waals surface area (Å²) in [4.78, 5) is 33.9. The lowest BCUT2D eigenvalue weighted by atomic mass is 10.4. The molecule has 25 heavy (non-hydrogen) atoms. The van der Waals surface area contributed by atoms with E-state index >= 15 is 0 Å². The molecule has 0 radical (unpaired) electrons. The predicted octanol–water partition coefficient (Wildman–Crippen LogP) is 0.443. The van der Waals surface area contributed by atoms with Crippen LogP contribution >= 0.6 is 0 Å². The molecule has 0 bridgehead atoms. The van der Waals surface area contributed by atoms with Crippen LogP contribution in [0.2, 0.25) is 6.04 Å². The second-order valence-corrected chi connectivity index (χ2v) is 7.04. The molecule has 9 nitrogen and oxygen atoms in total. The standard InChI is InChI=1S/C15H25NO8Si/c1-5-13(17)22-10-12(11-23-14(18)6-2)24-15(19)16-8-7-9-25(20-3)21-4/h5-6,12,25H,1-2,7-11H2,3-4H3,(H,16,19). The fraction of sp³-hybridized carbons (Fsp3) is 0.533. The zero-order valence-corrected chi connectivity index (χ0v) is 15.7. The minimum absolute atomic E-state index is 0.273. The Hall–Kier alpha value is -2.17. The summed E-state index contributed by atoms with van der Waals surface area (Å²) in [6.45, 7) is 6.33. The lowest BCUT2D eigenvalue weighted by Gasteiger charge is -2.18. The van der Waals surface area contributed by atoms with Gasteiger partial charge in [0.2, 0.25) is 0 Å². The number of nitrogens with one attached hydrogen (secondary N) is 1. The van der Waals surface area contributed by atoms with E-state index in [0.717, 1.165) is 18.2 Å². The topological polar surface area (TPSA) is 109 Å². The number of hydrogen-bond acceptors (Lipinski definition) is 8. The van der Waals surface area contributed by atoms with Crippen molar-refractivity contribution < 1.29 is 37.4 Å². The molecule has 0 saturated carbocycles. The van der Waals surface area contributed by atoms with Gasteiger partial charge in [0.25, 0.3) is 0 Å². The highest BCUT2D eigenvalue weighted by Crippen LogP contribution is 2.00. The van der Waals surface area contributed by atoms with E-state index in [1.807, 2.05) is 0 Å². The van der Waals surface area contributed by atoms with Gasteiger partial charge in [0.1, 0.15) is 13.2 Å². The number of hydrogen-bond donors (Lipinski definition) is 1. The molecule has 0 aliphatic rings.